The fourth-order valence-electron chi connectivity index (χ4n) is 8.02. The molecule has 68 heavy (non-hydrogen) atoms. The van der Waals surface area contributed by atoms with Gasteiger partial charge >= 0.3 is 0 Å². The third-order valence-corrected chi connectivity index (χ3v) is 11.8. The Hall–Kier alpha value is -6.87. The standard InChI is InChI=1S/C51H63N9O8/c1-30-22-43(63)47(60(6)50(66)35(28-56-46(64)27-55)26-42(62)39-29-57-48(58-31(39)2)33-10-13-36(14-11-33)51(3,4)5)34-12-16-45(68-21-19-54)38(25-34)37-23-32(9-15-44(37)67-20-18-53)24-40(59-49(30)65)41(61)8-7-17-52/h9-16,23,25,29-30,35,40,47H,7-8,18-22,24,26-28,53-55H2,1-6H3,(H,56,64)(H,59,65)/t30-,35+,40+,47+/m1/s1. The molecule has 0 fully saturated rings. The van der Waals surface area contributed by atoms with Gasteiger partial charge in [-0.1, -0.05) is 64.1 Å². The number of nitrogens with zero attached hydrogens (tertiary/aromatic N) is 4. The van der Waals surface area contributed by atoms with Crippen LogP contribution in [-0.2, 0) is 35.8 Å². The minimum absolute atomic E-state index is 0.0535. The van der Waals surface area contributed by atoms with Crippen molar-refractivity contribution in [1.82, 2.24) is 25.5 Å². The fraction of sp³-hybridized carbons (Fsp3) is 0.431. The first-order chi connectivity index (χ1) is 32.4. The molecule has 4 atom stereocenters. The zero-order valence-electron chi connectivity index (χ0n) is 39.7. The molecule has 0 spiro atoms. The highest BCUT2D eigenvalue weighted by Crippen LogP contribution is 2.41. The van der Waals surface area contributed by atoms with Gasteiger partial charge in [0.25, 0.3) is 0 Å². The number of benzene rings is 3. The van der Waals surface area contributed by atoms with E-state index in [4.69, 9.17) is 26.7 Å². The molecule has 0 saturated heterocycles. The Bertz CT molecular complexity index is 2530. The van der Waals surface area contributed by atoms with E-state index in [2.05, 4.69) is 41.4 Å². The van der Waals surface area contributed by atoms with E-state index in [1.54, 1.807) is 50.2 Å². The Kier molecular flexibility index (Phi) is 18.2. The van der Waals surface area contributed by atoms with Crippen LogP contribution in [0.25, 0.3) is 22.5 Å². The molecule has 1 aliphatic heterocycles. The summed E-state index contributed by atoms with van der Waals surface area (Å²) < 4.78 is 12.2. The maximum absolute atomic E-state index is 14.9. The van der Waals surface area contributed by atoms with E-state index in [0.29, 0.717) is 45.3 Å². The summed E-state index contributed by atoms with van der Waals surface area (Å²) in [6.07, 6.45) is 0.577. The smallest absolute Gasteiger partial charge is 0.233 e. The van der Waals surface area contributed by atoms with Crippen LogP contribution in [0, 0.1) is 30.1 Å². The molecule has 0 radical (unpaired) electrons. The highest BCUT2D eigenvalue weighted by atomic mass is 16.5. The topological polar surface area (TPSA) is 276 Å². The van der Waals surface area contributed by atoms with Crippen molar-refractivity contribution in [3.8, 4) is 40.1 Å². The highest BCUT2D eigenvalue weighted by Gasteiger charge is 2.37. The van der Waals surface area contributed by atoms with E-state index in [1.807, 2.05) is 30.3 Å². The molecule has 2 heterocycles. The number of ether oxygens (including phenoxy) is 2. The van der Waals surface area contributed by atoms with Gasteiger partial charge in [-0.05, 0) is 59.7 Å². The Morgan fingerprint density at radius 1 is 0.941 bits per heavy atom. The van der Waals surface area contributed by atoms with Crippen LogP contribution >= 0.6 is 0 Å². The Balaban J connectivity index is 1.59. The van der Waals surface area contributed by atoms with Crippen LogP contribution in [0.15, 0.2) is 66.9 Å². The van der Waals surface area contributed by atoms with Gasteiger partial charge in [-0.3, -0.25) is 28.8 Å². The average molecular weight is 930 g/mol. The zero-order valence-corrected chi connectivity index (χ0v) is 39.7. The summed E-state index contributed by atoms with van der Waals surface area (Å²) in [5.74, 6) is -4.15. The third-order valence-electron chi connectivity index (χ3n) is 11.8. The molecule has 5 rings (SSSR count). The maximum atomic E-state index is 14.9. The highest BCUT2D eigenvalue weighted by molar-refractivity contribution is 6.01. The SMILES string of the molecule is Cc1nc(-c2ccc(C(C)(C)C)cc2)ncc1C(=O)C[C@@H](CNC(=O)CN)C(=O)N(C)[C@@H]1C(=O)C[C@@H](C)C(=O)N[C@H](C(=O)CCC#N)Cc2ccc(OCCN)c(c2)-c2cc1ccc2OCCN. The van der Waals surface area contributed by atoms with Gasteiger partial charge < -0.3 is 42.2 Å². The summed E-state index contributed by atoms with van der Waals surface area (Å²) >= 11 is 0. The Morgan fingerprint density at radius 2 is 1.59 bits per heavy atom. The number of nitrogens with two attached hydrogens (primary N) is 3. The van der Waals surface area contributed by atoms with Crippen molar-refractivity contribution in [3.63, 3.8) is 0 Å². The summed E-state index contributed by atoms with van der Waals surface area (Å²) in [6.45, 7) is 9.56. The van der Waals surface area contributed by atoms with E-state index in [1.165, 1.54) is 18.1 Å². The molecule has 0 unspecified atom stereocenters. The Morgan fingerprint density at radius 3 is 2.19 bits per heavy atom. The predicted octanol–water partition coefficient (Wildman–Crippen LogP) is 4.06. The lowest BCUT2D eigenvalue weighted by Crippen LogP contribution is -2.46. The molecule has 1 aromatic heterocycles. The third kappa shape index (κ3) is 13.2. The number of hydrogen-bond acceptors (Lipinski definition) is 14. The van der Waals surface area contributed by atoms with Gasteiger partial charge in [0, 0.05) is 81.2 Å². The molecule has 360 valence electrons. The number of nitriles is 1. The van der Waals surface area contributed by atoms with Crippen molar-refractivity contribution in [2.24, 2.45) is 29.0 Å². The Labute approximate surface area is 397 Å². The first kappa shape index (κ1) is 52.1. The summed E-state index contributed by atoms with van der Waals surface area (Å²) in [4.78, 5) is 94.1. The number of hydrogen-bond donors (Lipinski definition) is 5. The van der Waals surface area contributed by atoms with Gasteiger partial charge in [0.2, 0.25) is 17.7 Å². The lowest BCUT2D eigenvalue weighted by molar-refractivity contribution is -0.142. The molecule has 8 N–H and O–H groups in total. The van der Waals surface area contributed by atoms with Crippen molar-refractivity contribution in [2.45, 2.75) is 84.2 Å². The number of aryl methyl sites for hydroxylation is 1. The summed E-state index contributed by atoms with van der Waals surface area (Å²) in [6, 6.07) is 17.7. The lowest BCUT2D eigenvalue weighted by Gasteiger charge is -2.32. The van der Waals surface area contributed by atoms with Crippen LogP contribution in [0.2, 0.25) is 0 Å². The molecule has 17 nitrogen and oxygen atoms in total. The molecule has 4 bridgehead atoms. The van der Waals surface area contributed by atoms with Crippen molar-refractivity contribution in [2.75, 3.05) is 46.4 Å². The molecular formula is C51H63N9O8. The number of amides is 3. The number of ketones is 3. The predicted molar refractivity (Wildman–Crippen MR) is 256 cm³/mol. The van der Waals surface area contributed by atoms with Crippen LogP contribution in [0.4, 0.5) is 0 Å². The number of likely N-dealkylation sites (N-methyl/N-ethyl adjacent to an activating group) is 1. The van der Waals surface area contributed by atoms with E-state index < -0.39 is 59.6 Å². The number of rotatable bonds is 18. The van der Waals surface area contributed by atoms with E-state index in [9.17, 15) is 34.0 Å². The van der Waals surface area contributed by atoms with E-state index >= 15 is 0 Å². The van der Waals surface area contributed by atoms with Gasteiger partial charge in [-0.2, -0.15) is 5.26 Å². The first-order valence-corrected chi connectivity index (χ1v) is 22.8. The molecular weight excluding hydrogens is 867 g/mol. The normalized spacial score (nSPS) is 16.6. The number of Topliss-reactive ketones (excluding diaryl/α,β-unsaturated/α-hetero) is 3. The number of carbonyl (C=O) groups is 6. The van der Waals surface area contributed by atoms with Crippen molar-refractivity contribution >= 4 is 35.1 Å². The minimum Gasteiger partial charge on any atom is -0.492 e. The average Bonchev–Trinajstić information content (AvgIpc) is 3.32. The molecule has 17 heteroatoms. The summed E-state index contributed by atoms with van der Waals surface area (Å²) in [5, 5.41) is 14.7. The summed E-state index contributed by atoms with van der Waals surface area (Å²) in [5.41, 5.74) is 21.7. The molecule has 3 aromatic carbocycles. The van der Waals surface area contributed by atoms with Crippen LogP contribution in [-0.4, -0.2) is 102 Å². The van der Waals surface area contributed by atoms with Gasteiger partial charge in [0.1, 0.15) is 30.8 Å². The largest absolute Gasteiger partial charge is 0.492 e. The van der Waals surface area contributed by atoms with Gasteiger partial charge in [-0.15, -0.1) is 0 Å². The second-order valence-corrected chi connectivity index (χ2v) is 18.0. The first-order valence-electron chi connectivity index (χ1n) is 22.8. The monoisotopic (exact) mass is 929 g/mol. The zero-order chi connectivity index (χ0) is 49.7. The number of carbonyl (C=O) groups excluding carboxylic acids is 6. The van der Waals surface area contributed by atoms with Gasteiger partial charge in [-0.25, -0.2) is 9.97 Å². The van der Waals surface area contributed by atoms with Crippen LogP contribution in [0.1, 0.15) is 92.2 Å². The number of fused-ring (bicyclic) bond motifs is 5. The van der Waals surface area contributed by atoms with Gasteiger partial charge in [0.05, 0.1) is 35.8 Å². The minimum atomic E-state index is -1.34. The second-order valence-electron chi connectivity index (χ2n) is 18.0. The van der Waals surface area contributed by atoms with Crippen molar-refractivity contribution in [1.29, 1.82) is 5.26 Å². The molecule has 0 saturated carbocycles. The molecule has 0 aliphatic carbocycles. The number of nitrogens with one attached hydrogen (secondary N) is 2. The quantitative estimate of drug-likeness (QED) is 0.0881. The van der Waals surface area contributed by atoms with Crippen molar-refractivity contribution < 1.29 is 38.2 Å². The van der Waals surface area contributed by atoms with Crippen LogP contribution in [0.5, 0.6) is 11.5 Å². The van der Waals surface area contributed by atoms with E-state index in [0.717, 1.165) is 11.1 Å². The summed E-state index contributed by atoms with van der Waals surface area (Å²) in [7, 11) is 1.42. The van der Waals surface area contributed by atoms with Crippen LogP contribution in [0.3, 0.4) is 0 Å². The van der Waals surface area contributed by atoms with Gasteiger partial charge in [0.15, 0.2) is 23.2 Å². The maximum Gasteiger partial charge on any atom is 0.233 e. The van der Waals surface area contributed by atoms with E-state index in [-0.39, 0.29) is 81.8 Å². The molecule has 4 aromatic rings. The van der Waals surface area contributed by atoms with Crippen LogP contribution < -0.4 is 37.3 Å². The molecule has 1 aliphatic rings. The number of aromatic nitrogens is 2. The lowest BCUT2D eigenvalue weighted by atomic mass is 9.86. The second kappa shape index (κ2) is 23.7. The molecule has 3 amide bonds. The van der Waals surface area contributed by atoms with Crippen molar-refractivity contribution in [3.05, 3.63) is 94.8 Å². The fourth-order valence-corrected chi connectivity index (χ4v) is 8.02.